The molecule has 2 aromatic heterocycles. The molecule has 1 amide bonds. The second-order valence-corrected chi connectivity index (χ2v) is 7.75. The average Bonchev–Trinajstić information content (AvgIpc) is 3.06. The molecule has 146 valence electrons. The molecule has 4 rings (SSSR count). The van der Waals surface area contributed by atoms with Crippen molar-refractivity contribution in [1.29, 1.82) is 0 Å². The number of nitrogens with one attached hydrogen (secondary N) is 1. The molecule has 0 radical (unpaired) electrons. The fourth-order valence-electron chi connectivity index (χ4n) is 3.39. The van der Waals surface area contributed by atoms with Crippen molar-refractivity contribution in [3.63, 3.8) is 0 Å². The lowest BCUT2D eigenvalue weighted by atomic mass is 10.1. The Bertz CT molecular complexity index is 1120. The van der Waals surface area contributed by atoms with Crippen LogP contribution >= 0.6 is 11.8 Å². The quantitative estimate of drug-likeness (QED) is 0.540. The first kappa shape index (κ1) is 18.6. The summed E-state index contributed by atoms with van der Waals surface area (Å²) in [6.07, 6.45) is 0. The minimum absolute atomic E-state index is 0.0256. The predicted molar refractivity (Wildman–Crippen MR) is 111 cm³/mol. The first-order chi connectivity index (χ1) is 13.5. The Morgan fingerprint density at radius 1 is 1.32 bits per heavy atom. The Morgan fingerprint density at radius 2 is 2.14 bits per heavy atom. The van der Waals surface area contributed by atoms with Crippen molar-refractivity contribution in [2.75, 3.05) is 23.8 Å². The summed E-state index contributed by atoms with van der Waals surface area (Å²) in [6, 6.07) is 7.69. The van der Waals surface area contributed by atoms with E-state index < -0.39 is 0 Å². The number of H-pyrrole nitrogens is 1. The van der Waals surface area contributed by atoms with Crippen molar-refractivity contribution in [3.8, 4) is 5.75 Å². The zero-order chi connectivity index (χ0) is 19.8. The topological polar surface area (TPSA) is 80.2 Å². The molecule has 0 saturated heterocycles. The number of amides is 1. The largest absolute Gasteiger partial charge is 0.490 e. The van der Waals surface area contributed by atoms with Crippen LogP contribution in [0.25, 0.3) is 11.0 Å². The number of aryl methyl sites for hydroxylation is 2. The zero-order valence-corrected chi connectivity index (χ0v) is 16.9. The highest BCUT2D eigenvalue weighted by atomic mass is 32.2. The molecule has 0 bridgehead atoms. The lowest BCUT2D eigenvalue weighted by Gasteiger charge is -2.29. The number of ether oxygens (including phenoxy) is 1. The molecule has 0 unspecified atom stereocenters. The van der Waals surface area contributed by atoms with E-state index in [1.165, 1.54) is 11.8 Å². The summed E-state index contributed by atoms with van der Waals surface area (Å²) in [5.41, 5.74) is 3.80. The third kappa shape index (κ3) is 3.28. The van der Waals surface area contributed by atoms with Crippen LogP contribution in [0.2, 0.25) is 0 Å². The van der Waals surface area contributed by atoms with Gasteiger partial charge in [0.15, 0.2) is 5.16 Å². The number of nitrogens with zero attached hydrogens (tertiary/aromatic N) is 3. The maximum Gasteiger partial charge on any atom is 0.278 e. The van der Waals surface area contributed by atoms with Crippen LogP contribution in [0.3, 0.4) is 0 Å². The summed E-state index contributed by atoms with van der Waals surface area (Å²) in [6.45, 7) is 7.27. The molecule has 8 heteroatoms. The lowest BCUT2D eigenvalue weighted by Crippen LogP contribution is -2.39. The summed E-state index contributed by atoms with van der Waals surface area (Å²) in [5.74, 6) is 0.903. The van der Waals surface area contributed by atoms with Gasteiger partial charge in [-0.3, -0.25) is 14.2 Å². The summed E-state index contributed by atoms with van der Waals surface area (Å²) < 4.78 is 7.27. The van der Waals surface area contributed by atoms with E-state index in [-0.39, 0.29) is 17.2 Å². The van der Waals surface area contributed by atoms with E-state index in [4.69, 9.17) is 4.74 Å². The van der Waals surface area contributed by atoms with E-state index in [1.54, 1.807) is 9.47 Å². The predicted octanol–water partition coefficient (Wildman–Crippen LogP) is 2.88. The van der Waals surface area contributed by atoms with E-state index in [2.05, 4.69) is 9.97 Å². The number of carbonyl (C=O) groups excluding carboxylic acids is 1. The number of carbonyl (C=O) groups is 1. The molecule has 0 saturated carbocycles. The van der Waals surface area contributed by atoms with E-state index in [0.29, 0.717) is 35.9 Å². The minimum Gasteiger partial charge on any atom is -0.490 e. The van der Waals surface area contributed by atoms with E-state index in [0.717, 1.165) is 22.7 Å². The molecule has 3 heterocycles. The third-order valence-electron chi connectivity index (χ3n) is 4.76. The second kappa shape index (κ2) is 7.35. The van der Waals surface area contributed by atoms with E-state index in [9.17, 15) is 9.59 Å². The molecule has 7 nitrogen and oxygen atoms in total. The molecule has 1 N–H and O–H groups in total. The van der Waals surface area contributed by atoms with Crippen LogP contribution in [0.15, 0.2) is 34.2 Å². The summed E-state index contributed by atoms with van der Waals surface area (Å²) in [7, 11) is 0. The van der Waals surface area contributed by atoms with Crippen molar-refractivity contribution in [2.45, 2.75) is 32.5 Å². The maximum atomic E-state index is 12.9. The first-order valence-electron chi connectivity index (χ1n) is 9.24. The van der Waals surface area contributed by atoms with Gasteiger partial charge in [-0.2, -0.15) is 0 Å². The highest BCUT2D eigenvalue weighted by Gasteiger charge is 2.24. The van der Waals surface area contributed by atoms with Gasteiger partial charge >= 0.3 is 0 Å². The van der Waals surface area contributed by atoms with Crippen molar-refractivity contribution in [1.82, 2.24) is 14.5 Å². The molecular weight excluding hydrogens is 376 g/mol. The number of fused-ring (bicyclic) bond motifs is 2. The van der Waals surface area contributed by atoms with Gasteiger partial charge < -0.3 is 14.6 Å². The fraction of sp³-hybridized carbons (Fsp3) is 0.350. The summed E-state index contributed by atoms with van der Waals surface area (Å²) >= 11 is 1.30. The van der Waals surface area contributed by atoms with Crippen LogP contribution < -0.4 is 15.2 Å². The molecule has 3 aromatic rings. The van der Waals surface area contributed by atoms with Crippen LogP contribution in [0, 0.1) is 13.8 Å². The summed E-state index contributed by atoms with van der Waals surface area (Å²) in [4.78, 5) is 35.1. The number of hydrogen-bond donors (Lipinski definition) is 1. The summed E-state index contributed by atoms with van der Waals surface area (Å²) in [5, 5.41) is 0.560. The number of thioether (sulfide) groups is 1. The smallest absolute Gasteiger partial charge is 0.278 e. The number of anilines is 1. The van der Waals surface area contributed by atoms with Crippen molar-refractivity contribution < 1.29 is 9.53 Å². The Hall–Kier alpha value is -2.74. The number of benzene rings is 1. The van der Waals surface area contributed by atoms with Crippen molar-refractivity contribution in [3.05, 3.63) is 45.9 Å². The Balaban J connectivity index is 1.59. The maximum absolute atomic E-state index is 12.9. The van der Waals surface area contributed by atoms with Gasteiger partial charge in [0.2, 0.25) is 5.91 Å². The van der Waals surface area contributed by atoms with Gasteiger partial charge in [0.05, 0.1) is 23.5 Å². The third-order valence-corrected chi connectivity index (χ3v) is 5.72. The number of rotatable bonds is 4. The van der Waals surface area contributed by atoms with Crippen LogP contribution in [-0.4, -0.2) is 39.3 Å². The van der Waals surface area contributed by atoms with Gasteiger partial charge in [0.1, 0.15) is 17.9 Å². The molecule has 1 aromatic carbocycles. The molecule has 0 spiro atoms. The molecule has 0 atom stereocenters. The van der Waals surface area contributed by atoms with Crippen LogP contribution in [0.4, 0.5) is 5.69 Å². The van der Waals surface area contributed by atoms with Gasteiger partial charge in [-0.1, -0.05) is 17.8 Å². The molecule has 28 heavy (non-hydrogen) atoms. The lowest BCUT2D eigenvalue weighted by molar-refractivity contribution is -0.116. The van der Waals surface area contributed by atoms with Crippen LogP contribution in [0.1, 0.15) is 18.2 Å². The van der Waals surface area contributed by atoms with Gasteiger partial charge in [-0.25, -0.2) is 4.98 Å². The van der Waals surface area contributed by atoms with Gasteiger partial charge in [0, 0.05) is 12.2 Å². The Morgan fingerprint density at radius 3 is 2.93 bits per heavy atom. The fourth-order valence-corrected chi connectivity index (χ4v) is 4.33. The van der Waals surface area contributed by atoms with E-state index >= 15 is 0 Å². The van der Waals surface area contributed by atoms with Crippen LogP contribution in [0.5, 0.6) is 5.75 Å². The molecule has 1 aliphatic heterocycles. The number of aromatic amines is 1. The molecule has 0 aliphatic carbocycles. The minimum atomic E-state index is -0.108. The second-order valence-electron chi connectivity index (χ2n) is 6.81. The van der Waals surface area contributed by atoms with Gasteiger partial charge in [-0.05, 0) is 44.5 Å². The zero-order valence-electron chi connectivity index (χ0n) is 16.1. The van der Waals surface area contributed by atoms with Crippen LogP contribution in [-0.2, 0) is 11.3 Å². The van der Waals surface area contributed by atoms with Crippen molar-refractivity contribution >= 4 is 34.4 Å². The molecule has 0 fully saturated rings. The Labute approximate surface area is 166 Å². The van der Waals surface area contributed by atoms with E-state index in [1.807, 2.05) is 45.0 Å². The number of hydrogen-bond acceptors (Lipinski definition) is 5. The standard InChI is InChI=1S/C20H22N4O3S/c1-4-23-19(26)18-14(10-13(3)21-18)22-20(23)28-11-17(25)24-7-8-27-16-6-5-12(2)9-15(16)24/h5-6,9-10,21H,4,7-8,11H2,1-3H3. The SMILES string of the molecule is CCn1c(SCC(=O)N2CCOc3ccc(C)cc32)nc2cc(C)[nH]c2c1=O. The Kier molecular flexibility index (Phi) is 4.89. The van der Waals surface area contributed by atoms with Gasteiger partial charge in [0.25, 0.3) is 5.56 Å². The normalized spacial score (nSPS) is 13.5. The molecule has 1 aliphatic rings. The molecular formula is C20H22N4O3S. The highest BCUT2D eigenvalue weighted by Crippen LogP contribution is 2.33. The first-order valence-corrected chi connectivity index (χ1v) is 10.2. The monoisotopic (exact) mass is 398 g/mol. The van der Waals surface area contributed by atoms with Crippen molar-refractivity contribution in [2.24, 2.45) is 0 Å². The number of aromatic nitrogens is 3. The highest BCUT2D eigenvalue weighted by molar-refractivity contribution is 7.99. The van der Waals surface area contributed by atoms with Gasteiger partial charge in [-0.15, -0.1) is 0 Å². The average molecular weight is 398 g/mol.